The molecule has 0 radical (unpaired) electrons. The molecule has 0 unspecified atom stereocenters. The second-order valence-corrected chi connectivity index (χ2v) is 11.6. The number of nitrogens with zero attached hydrogens (tertiary/aromatic N) is 1. The Labute approximate surface area is 191 Å². The number of hydrogen-bond donors (Lipinski definition) is 2. The number of nitrogens with one attached hydrogen (secondary N) is 2. The second-order valence-electron chi connectivity index (χ2n) is 8.01. The monoisotopic (exact) mass is 479 g/mol. The van der Waals surface area contributed by atoms with Gasteiger partial charge in [-0.05, 0) is 60.4 Å². The summed E-state index contributed by atoms with van der Waals surface area (Å²) >= 11 is 7.34. The number of rotatable bonds is 7. The summed E-state index contributed by atoms with van der Waals surface area (Å²) in [5, 5.41) is 6.59. The summed E-state index contributed by atoms with van der Waals surface area (Å²) in [4.78, 5) is 15.9. The summed E-state index contributed by atoms with van der Waals surface area (Å²) in [5.41, 5.74) is 2.15. The molecule has 166 valence electrons. The zero-order valence-corrected chi connectivity index (χ0v) is 19.7. The predicted octanol–water partition coefficient (Wildman–Crippen LogP) is 4.28. The fraction of sp³-hybridized carbons (Fsp3) is 0.409. The SMILES string of the molecule is C[C@H](C(=O)NCCc1c[nH]c2ccc(Cl)cc12)C1CCN(S(=O)(=O)c2cccs2)CC1. The van der Waals surface area contributed by atoms with Crippen LogP contribution in [0.5, 0.6) is 0 Å². The van der Waals surface area contributed by atoms with E-state index in [1.165, 1.54) is 11.3 Å². The Bertz CT molecular complexity index is 1150. The van der Waals surface area contributed by atoms with E-state index in [-0.39, 0.29) is 17.7 Å². The number of aromatic amines is 1. The molecule has 1 amide bonds. The number of halogens is 1. The van der Waals surface area contributed by atoms with Gasteiger partial charge in [0, 0.05) is 47.7 Å². The summed E-state index contributed by atoms with van der Waals surface area (Å²) in [5.74, 6) is 0.0584. The largest absolute Gasteiger partial charge is 0.361 e. The van der Waals surface area contributed by atoms with Crippen molar-refractivity contribution in [1.29, 1.82) is 0 Å². The zero-order valence-electron chi connectivity index (χ0n) is 17.3. The molecule has 2 aromatic heterocycles. The van der Waals surface area contributed by atoms with E-state index in [2.05, 4.69) is 10.3 Å². The van der Waals surface area contributed by atoms with E-state index < -0.39 is 10.0 Å². The Morgan fingerprint density at radius 3 is 2.81 bits per heavy atom. The van der Waals surface area contributed by atoms with Crippen LogP contribution in [-0.2, 0) is 21.2 Å². The normalized spacial score (nSPS) is 17.1. The van der Waals surface area contributed by atoms with Crippen molar-refractivity contribution in [3.8, 4) is 0 Å². The maximum Gasteiger partial charge on any atom is 0.252 e. The molecule has 0 aliphatic carbocycles. The van der Waals surface area contributed by atoms with Crippen molar-refractivity contribution in [2.75, 3.05) is 19.6 Å². The number of carbonyl (C=O) groups is 1. The van der Waals surface area contributed by atoms with Crippen molar-refractivity contribution in [3.05, 3.63) is 52.5 Å². The van der Waals surface area contributed by atoms with Gasteiger partial charge in [0.2, 0.25) is 5.91 Å². The van der Waals surface area contributed by atoms with Gasteiger partial charge in [-0.3, -0.25) is 4.79 Å². The summed E-state index contributed by atoms with van der Waals surface area (Å²) in [7, 11) is -3.41. The van der Waals surface area contributed by atoms with Crippen LogP contribution < -0.4 is 5.32 Å². The maximum atomic E-state index is 12.7. The van der Waals surface area contributed by atoms with E-state index in [1.807, 2.05) is 31.3 Å². The fourth-order valence-electron chi connectivity index (χ4n) is 4.21. The van der Waals surface area contributed by atoms with Crippen molar-refractivity contribution >= 4 is 49.8 Å². The lowest BCUT2D eigenvalue weighted by atomic mass is 9.85. The van der Waals surface area contributed by atoms with Gasteiger partial charge in [0.25, 0.3) is 10.0 Å². The van der Waals surface area contributed by atoms with Crippen LogP contribution in [0.25, 0.3) is 10.9 Å². The summed E-state index contributed by atoms with van der Waals surface area (Å²) in [6.45, 7) is 3.40. The lowest BCUT2D eigenvalue weighted by molar-refractivity contribution is -0.126. The highest BCUT2D eigenvalue weighted by Crippen LogP contribution is 2.30. The van der Waals surface area contributed by atoms with Crippen LogP contribution in [0, 0.1) is 11.8 Å². The number of piperidine rings is 1. The van der Waals surface area contributed by atoms with Crippen molar-refractivity contribution in [2.24, 2.45) is 11.8 Å². The average Bonchev–Trinajstić information content (AvgIpc) is 3.44. The zero-order chi connectivity index (χ0) is 22.0. The molecular weight excluding hydrogens is 454 g/mol. The van der Waals surface area contributed by atoms with Gasteiger partial charge in [-0.2, -0.15) is 4.31 Å². The molecule has 3 aromatic rings. The lowest BCUT2D eigenvalue weighted by Gasteiger charge is -2.33. The molecule has 4 rings (SSSR count). The number of benzene rings is 1. The third kappa shape index (κ3) is 4.82. The number of amides is 1. The van der Waals surface area contributed by atoms with Crippen molar-refractivity contribution in [3.63, 3.8) is 0 Å². The molecule has 31 heavy (non-hydrogen) atoms. The number of carbonyl (C=O) groups excluding carboxylic acids is 1. The first-order valence-electron chi connectivity index (χ1n) is 10.4. The predicted molar refractivity (Wildman–Crippen MR) is 125 cm³/mol. The van der Waals surface area contributed by atoms with Crippen LogP contribution in [0.2, 0.25) is 5.02 Å². The van der Waals surface area contributed by atoms with Gasteiger partial charge in [-0.15, -0.1) is 11.3 Å². The highest BCUT2D eigenvalue weighted by Gasteiger charge is 2.33. The molecule has 1 atom stereocenters. The van der Waals surface area contributed by atoms with Gasteiger partial charge in [0.05, 0.1) is 0 Å². The smallest absolute Gasteiger partial charge is 0.252 e. The van der Waals surface area contributed by atoms with Gasteiger partial charge in [-0.25, -0.2) is 8.42 Å². The lowest BCUT2D eigenvalue weighted by Crippen LogP contribution is -2.42. The molecule has 0 saturated carbocycles. The number of sulfonamides is 1. The van der Waals surface area contributed by atoms with Gasteiger partial charge < -0.3 is 10.3 Å². The highest BCUT2D eigenvalue weighted by atomic mass is 35.5. The number of thiophene rings is 1. The van der Waals surface area contributed by atoms with E-state index >= 15 is 0 Å². The molecule has 1 fully saturated rings. The molecule has 0 bridgehead atoms. The third-order valence-electron chi connectivity index (χ3n) is 6.13. The number of hydrogen-bond acceptors (Lipinski definition) is 4. The summed E-state index contributed by atoms with van der Waals surface area (Å²) < 4.78 is 27.3. The molecule has 2 N–H and O–H groups in total. The van der Waals surface area contributed by atoms with Gasteiger partial charge >= 0.3 is 0 Å². The topological polar surface area (TPSA) is 82.3 Å². The standard InChI is InChI=1S/C22H26ClN3O3S2/c1-15(16-7-10-26(11-8-16)31(28,29)21-3-2-12-30-21)22(27)24-9-6-17-14-25-20-5-4-18(23)13-19(17)20/h2-5,12-16,25H,6-11H2,1H3,(H,24,27)/t15-/m0/s1. The highest BCUT2D eigenvalue weighted by molar-refractivity contribution is 7.91. The van der Waals surface area contributed by atoms with Crippen LogP contribution in [0.3, 0.4) is 0 Å². The van der Waals surface area contributed by atoms with Gasteiger partial charge in [0.15, 0.2) is 0 Å². The molecule has 9 heteroatoms. The van der Waals surface area contributed by atoms with Crippen LogP contribution in [0.4, 0.5) is 0 Å². The van der Waals surface area contributed by atoms with Crippen molar-refractivity contribution in [1.82, 2.24) is 14.6 Å². The van der Waals surface area contributed by atoms with E-state index in [0.717, 1.165) is 22.9 Å². The Hall–Kier alpha value is -1.87. The maximum absolute atomic E-state index is 12.7. The number of H-pyrrole nitrogens is 1. The minimum absolute atomic E-state index is 0.0254. The molecule has 1 saturated heterocycles. The average molecular weight is 480 g/mol. The third-order valence-corrected chi connectivity index (χ3v) is 9.64. The molecule has 1 aliphatic rings. The number of fused-ring (bicyclic) bond motifs is 1. The minimum atomic E-state index is -3.41. The Kier molecular flexibility index (Phi) is 6.71. The fourth-order valence-corrected chi connectivity index (χ4v) is 6.99. The Morgan fingerprint density at radius 2 is 2.10 bits per heavy atom. The Balaban J connectivity index is 1.27. The molecule has 1 aromatic carbocycles. The van der Waals surface area contributed by atoms with E-state index in [4.69, 9.17) is 11.6 Å². The minimum Gasteiger partial charge on any atom is -0.361 e. The quantitative estimate of drug-likeness (QED) is 0.530. The molecule has 1 aliphatic heterocycles. The first-order chi connectivity index (χ1) is 14.9. The summed E-state index contributed by atoms with van der Waals surface area (Å²) in [6, 6.07) is 9.13. The first kappa shape index (κ1) is 22.3. The van der Waals surface area contributed by atoms with E-state index in [1.54, 1.807) is 21.8 Å². The van der Waals surface area contributed by atoms with Crippen LogP contribution in [-0.4, -0.2) is 43.2 Å². The van der Waals surface area contributed by atoms with Crippen LogP contribution in [0.1, 0.15) is 25.3 Å². The van der Waals surface area contributed by atoms with Crippen molar-refractivity contribution < 1.29 is 13.2 Å². The number of aromatic nitrogens is 1. The summed E-state index contributed by atoms with van der Waals surface area (Å²) in [6.07, 6.45) is 4.07. The van der Waals surface area contributed by atoms with E-state index in [0.29, 0.717) is 41.7 Å². The van der Waals surface area contributed by atoms with Gasteiger partial charge in [-0.1, -0.05) is 24.6 Å². The molecule has 3 heterocycles. The van der Waals surface area contributed by atoms with Crippen molar-refractivity contribution in [2.45, 2.75) is 30.4 Å². The van der Waals surface area contributed by atoms with Gasteiger partial charge in [0.1, 0.15) is 4.21 Å². The van der Waals surface area contributed by atoms with Crippen LogP contribution in [0.15, 0.2) is 46.1 Å². The molecule has 0 spiro atoms. The first-order valence-corrected chi connectivity index (χ1v) is 13.1. The van der Waals surface area contributed by atoms with Crippen LogP contribution >= 0.6 is 22.9 Å². The molecule has 6 nitrogen and oxygen atoms in total. The molecular formula is C22H26ClN3O3S2. The second kappa shape index (κ2) is 9.32. The Morgan fingerprint density at radius 1 is 1.32 bits per heavy atom. The van der Waals surface area contributed by atoms with E-state index in [9.17, 15) is 13.2 Å².